The zero-order chi connectivity index (χ0) is 23.4. The standard InChI is InChI=1S/C25H31N5O2S/c1-18-6-7-19(2)23(16-18)30-20(3)26-27-25(30)33-17-24(31)29-13-5-12-28(14-15-29)21-8-10-22(32-4)11-9-21/h6-11,16H,5,12-15,17H2,1-4H3. The van der Waals surface area contributed by atoms with Gasteiger partial charge in [0, 0.05) is 31.9 Å². The molecule has 0 unspecified atom stereocenters. The number of aryl methyl sites for hydroxylation is 3. The van der Waals surface area contributed by atoms with Crippen LogP contribution in [0.15, 0.2) is 47.6 Å². The highest BCUT2D eigenvalue weighted by atomic mass is 32.2. The number of carbonyl (C=O) groups excluding carboxylic acids is 1. The molecule has 8 heteroatoms. The number of amides is 1. The maximum Gasteiger partial charge on any atom is 0.233 e. The van der Waals surface area contributed by atoms with Gasteiger partial charge in [-0.25, -0.2) is 0 Å². The van der Waals surface area contributed by atoms with Crippen LogP contribution in [0, 0.1) is 20.8 Å². The van der Waals surface area contributed by atoms with Gasteiger partial charge in [-0.3, -0.25) is 9.36 Å². The molecular formula is C25H31N5O2S. The number of hydrogen-bond acceptors (Lipinski definition) is 6. The maximum absolute atomic E-state index is 13.0. The third-order valence-corrected chi connectivity index (χ3v) is 6.93. The van der Waals surface area contributed by atoms with Gasteiger partial charge in [0.15, 0.2) is 5.16 Å². The summed E-state index contributed by atoms with van der Waals surface area (Å²) in [5, 5.41) is 9.38. The smallest absolute Gasteiger partial charge is 0.233 e. The number of rotatable bonds is 6. The van der Waals surface area contributed by atoms with Gasteiger partial charge >= 0.3 is 0 Å². The Balaban J connectivity index is 1.39. The molecule has 7 nitrogen and oxygen atoms in total. The minimum absolute atomic E-state index is 0.143. The lowest BCUT2D eigenvalue weighted by atomic mass is 10.1. The third-order valence-electron chi connectivity index (χ3n) is 6.01. The highest BCUT2D eigenvalue weighted by Crippen LogP contribution is 2.26. The van der Waals surface area contributed by atoms with Crippen LogP contribution in [0.5, 0.6) is 5.75 Å². The van der Waals surface area contributed by atoms with Crippen LogP contribution in [0.2, 0.25) is 0 Å². The Kier molecular flexibility index (Phi) is 7.23. The first kappa shape index (κ1) is 23.2. The van der Waals surface area contributed by atoms with Gasteiger partial charge in [0.2, 0.25) is 5.91 Å². The lowest BCUT2D eigenvalue weighted by Crippen LogP contribution is -2.36. The van der Waals surface area contributed by atoms with E-state index in [0.717, 1.165) is 59.7 Å². The highest BCUT2D eigenvalue weighted by molar-refractivity contribution is 7.99. The van der Waals surface area contributed by atoms with Crippen molar-refractivity contribution in [2.24, 2.45) is 0 Å². The molecule has 174 valence electrons. The lowest BCUT2D eigenvalue weighted by Gasteiger charge is -2.24. The molecule has 1 aliphatic rings. The Morgan fingerprint density at radius 2 is 1.79 bits per heavy atom. The van der Waals surface area contributed by atoms with Gasteiger partial charge < -0.3 is 14.5 Å². The van der Waals surface area contributed by atoms with Crippen LogP contribution in [-0.4, -0.2) is 64.6 Å². The summed E-state index contributed by atoms with van der Waals surface area (Å²) in [5.41, 5.74) is 4.57. The average molecular weight is 466 g/mol. The minimum Gasteiger partial charge on any atom is -0.497 e. The zero-order valence-electron chi connectivity index (χ0n) is 19.7. The Labute approximate surface area is 199 Å². The normalized spacial score (nSPS) is 14.3. The molecule has 0 atom stereocenters. The quantitative estimate of drug-likeness (QED) is 0.512. The zero-order valence-corrected chi connectivity index (χ0v) is 20.6. The van der Waals surface area contributed by atoms with Gasteiger partial charge in [0.25, 0.3) is 0 Å². The molecule has 0 spiro atoms. The van der Waals surface area contributed by atoms with Gasteiger partial charge in [-0.15, -0.1) is 10.2 Å². The molecule has 1 aromatic heterocycles. The fourth-order valence-electron chi connectivity index (χ4n) is 4.11. The molecule has 1 saturated heterocycles. The van der Waals surface area contributed by atoms with Gasteiger partial charge in [0.05, 0.1) is 18.6 Å². The maximum atomic E-state index is 13.0. The van der Waals surface area contributed by atoms with E-state index >= 15 is 0 Å². The average Bonchev–Trinajstić information content (AvgIpc) is 3.02. The van der Waals surface area contributed by atoms with E-state index in [4.69, 9.17) is 4.74 Å². The summed E-state index contributed by atoms with van der Waals surface area (Å²) in [6.07, 6.45) is 0.945. The van der Waals surface area contributed by atoms with Crippen molar-refractivity contribution in [3.8, 4) is 11.4 Å². The second-order valence-electron chi connectivity index (χ2n) is 8.36. The first-order valence-electron chi connectivity index (χ1n) is 11.3. The number of anilines is 1. The van der Waals surface area contributed by atoms with Gasteiger partial charge in [-0.05, 0) is 68.7 Å². The van der Waals surface area contributed by atoms with Crippen molar-refractivity contribution in [3.05, 3.63) is 59.4 Å². The summed E-state index contributed by atoms with van der Waals surface area (Å²) in [6, 6.07) is 14.5. The molecule has 0 radical (unpaired) electrons. The van der Waals surface area contributed by atoms with Crippen molar-refractivity contribution in [1.82, 2.24) is 19.7 Å². The molecule has 0 saturated carbocycles. The van der Waals surface area contributed by atoms with Gasteiger partial charge in [-0.1, -0.05) is 23.9 Å². The number of ether oxygens (including phenoxy) is 1. The number of methoxy groups -OCH3 is 1. The van der Waals surface area contributed by atoms with Crippen LogP contribution in [0.4, 0.5) is 5.69 Å². The largest absolute Gasteiger partial charge is 0.497 e. The van der Waals surface area contributed by atoms with E-state index in [9.17, 15) is 4.79 Å². The number of benzene rings is 2. The molecule has 1 amide bonds. The molecule has 33 heavy (non-hydrogen) atoms. The molecule has 2 aromatic carbocycles. The van der Waals surface area contributed by atoms with E-state index in [0.29, 0.717) is 12.3 Å². The number of thioether (sulfide) groups is 1. The van der Waals surface area contributed by atoms with Gasteiger partial charge in [0.1, 0.15) is 11.6 Å². The van der Waals surface area contributed by atoms with E-state index < -0.39 is 0 Å². The first-order chi connectivity index (χ1) is 16.0. The molecular weight excluding hydrogens is 434 g/mol. The molecule has 4 rings (SSSR count). The summed E-state index contributed by atoms with van der Waals surface area (Å²) >= 11 is 1.46. The van der Waals surface area contributed by atoms with Crippen molar-refractivity contribution < 1.29 is 9.53 Å². The number of nitrogens with zero attached hydrogens (tertiary/aromatic N) is 5. The monoisotopic (exact) mass is 465 g/mol. The van der Waals surface area contributed by atoms with Crippen molar-refractivity contribution in [2.45, 2.75) is 32.3 Å². The minimum atomic E-state index is 0.143. The van der Waals surface area contributed by atoms with Crippen molar-refractivity contribution >= 4 is 23.4 Å². The summed E-state index contributed by atoms with van der Waals surface area (Å²) in [7, 11) is 1.67. The van der Waals surface area contributed by atoms with Crippen LogP contribution < -0.4 is 9.64 Å². The van der Waals surface area contributed by atoms with Crippen LogP contribution in [-0.2, 0) is 4.79 Å². The predicted molar refractivity (Wildman–Crippen MR) is 133 cm³/mol. The fourth-order valence-corrected chi connectivity index (χ4v) is 5.00. The highest BCUT2D eigenvalue weighted by Gasteiger charge is 2.21. The molecule has 3 aromatic rings. The van der Waals surface area contributed by atoms with E-state index in [1.807, 2.05) is 28.5 Å². The third kappa shape index (κ3) is 5.33. The van der Waals surface area contributed by atoms with Crippen molar-refractivity contribution in [2.75, 3.05) is 43.9 Å². The summed E-state index contributed by atoms with van der Waals surface area (Å²) in [5.74, 6) is 2.17. The van der Waals surface area contributed by atoms with Crippen molar-refractivity contribution in [3.63, 3.8) is 0 Å². The Bertz CT molecular complexity index is 1110. The number of carbonyl (C=O) groups is 1. The fraction of sp³-hybridized carbons (Fsp3) is 0.400. The number of hydrogen-bond donors (Lipinski definition) is 0. The molecule has 1 fully saturated rings. The van der Waals surface area contributed by atoms with Crippen LogP contribution in [0.3, 0.4) is 0 Å². The van der Waals surface area contributed by atoms with E-state index in [-0.39, 0.29) is 5.91 Å². The number of aromatic nitrogens is 3. The summed E-state index contributed by atoms with van der Waals surface area (Å²) < 4.78 is 7.31. The first-order valence-corrected chi connectivity index (χ1v) is 12.2. The molecule has 0 aliphatic carbocycles. The second-order valence-corrected chi connectivity index (χ2v) is 9.31. The SMILES string of the molecule is COc1ccc(N2CCCN(C(=O)CSc3nnc(C)n3-c3cc(C)ccc3C)CC2)cc1. The van der Waals surface area contributed by atoms with E-state index in [1.165, 1.54) is 17.3 Å². The van der Waals surface area contributed by atoms with Gasteiger partial charge in [-0.2, -0.15) is 0 Å². The van der Waals surface area contributed by atoms with Crippen LogP contribution in [0.25, 0.3) is 5.69 Å². The second kappa shape index (κ2) is 10.3. The Morgan fingerprint density at radius 3 is 2.55 bits per heavy atom. The predicted octanol–water partition coefficient (Wildman–Crippen LogP) is 4.03. The topological polar surface area (TPSA) is 63.5 Å². The Hall–Kier alpha value is -3.00. The molecule has 0 bridgehead atoms. The van der Waals surface area contributed by atoms with Crippen molar-refractivity contribution in [1.29, 1.82) is 0 Å². The van der Waals surface area contributed by atoms with Crippen LogP contribution >= 0.6 is 11.8 Å². The van der Waals surface area contributed by atoms with Crippen LogP contribution in [0.1, 0.15) is 23.4 Å². The molecule has 0 N–H and O–H groups in total. The summed E-state index contributed by atoms with van der Waals surface area (Å²) in [6.45, 7) is 9.35. The van der Waals surface area contributed by atoms with E-state index in [2.05, 4.69) is 59.3 Å². The molecule has 2 heterocycles. The molecule has 1 aliphatic heterocycles. The van der Waals surface area contributed by atoms with E-state index in [1.54, 1.807) is 7.11 Å². The Morgan fingerprint density at radius 1 is 1.00 bits per heavy atom. The summed E-state index contributed by atoms with van der Waals surface area (Å²) in [4.78, 5) is 17.3. The lowest BCUT2D eigenvalue weighted by molar-refractivity contribution is -0.128.